The lowest BCUT2D eigenvalue weighted by Gasteiger charge is -2.15. The van der Waals surface area contributed by atoms with Gasteiger partial charge >= 0.3 is 0 Å². The van der Waals surface area contributed by atoms with Crippen LogP contribution in [-0.4, -0.2) is 22.6 Å². The van der Waals surface area contributed by atoms with Crippen LogP contribution in [0.3, 0.4) is 0 Å². The van der Waals surface area contributed by atoms with E-state index in [1.165, 1.54) is 6.92 Å². The highest BCUT2D eigenvalue weighted by molar-refractivity contribution is 5.01. The predicted molar refractivity (Wildman–Crippen MR) is 36.6 cm³/mol. The van der Waals surface area contributed by atoms with Gasteiger partial charge in [0.25, 0.3) is 0 Å². The predicted octanol–water partition coefficient (Wildman–Crippen LogP) is 0.455. The number of rotatable bonds is 3. The minimum Gasteiger partial charge on any atom is -0.462 e. The molecule has 3 nitrogen and oxygen atoms in total. The Balaban J connectivity index is 3.71. The van der Waals surface area contributed by atoms with E-state index >= 15 is 0 Å². The van der Waals surface area contributed by atoms with Crippen LogP contribution < -0.4 is 0 Å². The van der Waals surface area contributed by atoms with Crippen molar-refractivity contribution in [2.45, 2.75) is 26.1 Å². The molecule has 0 aliphatic carbocycles. The molecular formula is C7H12O3. The molecule has 10 heavy (non-hydrogen) atoms. The second-order valence-corrected chi connectivity index (χ2v) is 2.07. The van der Waals surface area contributed by atoms with Crippen LogP contribution in [0.5, 0.6) is 0 Å². The molecular weight excluding hydrogens is 132 g/mol. The number of hydrogen-bond donors (Lipinski definition) is 2. The smallest absolute Gasteiger partial charge is 0.231 e. The minimum absolute atomic E-state index is 0.432. The lowest BCUT2D eigenvalue weighted by atomic mass is 10.3. The molecule has 0 aromatic carbocycles. The number of ether oxygens (including phenoxy) is 1. The van der Waals surface area contributed by atoms with Crippen molar-refractivity contribution in [3.05, 3.63) is 0 Å². The zero-order valence-corrected chi connectivity index (χ0v) is 6.22. The van der Waals surface area contributed by atoms with Gasteiger partial charge in [-0.25, -0.2) is 0 Å². The summed E-state index contributed by atoms with van der Waals surface area (Å²) in [6.45, 7) is 3.73. The van der Waals surface area contributed by atoms with Crippen LogP contribution in [0.25, 0.3) is 0 Å². The lowest BCUT2D eigenvalue weighted by Crippen LogP contribution is -2.26. The average molecular weight is 144 g/mol. The third kappa shape index (κ3) is 4.19. The monoisotopic (exact) mass is 144 g/mol. The van der Waals surface area contributed by atoms with Gasteiger partial charge in [-0.15, -0.1) is 0 Å². The van der Waals surface area contributed by atoms with E-state index in [4.69, 9.17) is 14.9 Å². The number of aliphatic hydroxyl groups is 2. The van der Waals surface area contributed by atoms with Gasteiger partial charge in [0.05, 0.1) is 6.61 Å². The van der Waals surface area contributed by atoms with Crippen LogP contribution in [0, 0.1) is 12.0 Å². The molecule has 3 heteroatoms. The maximum Gasteiger partial charge on any atom is 0.231 e. The standard InChI is InChI=1S/C7H12O3/c1-3-6-10-7(2,9)4-5-8/h8-9H,3,6H2,1-2H3. The van der Waals surface area contributed by atoms with Crippen molar-refractivity contribution in [1.29, 1.82) is 0 Å². The fraction of sp³-hybridized carbons (Fsp3) is 0.714. The first-order valence-electron chi connectivity index (χ1n) is 3.15. The molecule has 0 heterocycles. The quantitative estimate of drug-likeness (QED) is 0.446. The Bertz CT molecular complexity index is 141. The molecule has 0 aromatic rings. The Labute approximate surface area is 60.6 Å². The third-order valence-electron chi connectivity index (χ3n) is 0.875. The first-order valence-corrected chi connectivity index (χ1v) is 3.15. The zero-order chi connectivity index (χ0) is 8.04. The molecule has 0 saturated heterocycles. The fourth-order valence-electron chi connectivity index (χ4n) is 0.441. The van der Waals surface area contributed by atoms with Crippen LogP contribution in [0.2, 0.25) is 0 Å². The van der Waals surface area contributed by atoms with Crippen molar-refractivity contribution in [3.63, 3.8) is 0 Å². The van der Waals surface area contributed by atoms with E-state index in [0.717, 1.165) is 6.42 Å². The van der Waals surface area contributed by atoms with Crippen molar-refractivity contribution >= 4 is 0 Å². The molecule has 0 rings (SSSR count). The first-order chi connectivity index (χ1) is 4.62. The molecule has 0 bridgehead atoms. The highest BCUT2D eigenvalue weighted by Crippen LogP contribution is 2.03. The molecule has 0 aliphatic heterocycles. The van der Waals surface area contributed by atoms with E-state index in [2.05, 4.69) is 5.92 Å². The first kappa shape index (κ1) is 9.28. The summed E-state index contributed by atoms with van der Waals surface area (Å²) < 4.78 is 4.84. The van der Waals surface area contributed by atoms with Crippen LogP contribution in [0.15, 0.2) is 0 Å². The maximum absolute atomic E-state index is 9.09. The summed E-state index contributed by atoms with van der Waals surface area (Å²) in [6.07, 6.45) is 2.40. The fourth-order valence-corrected chi connectivity index (χ4v) is 0.441. The summed E-state index contributed by atoms with van der Waals surface area (Å²) in [5.41, 5.74) is 0. The summed E-state index contributed by atoms with van der Waals surface area (Å²) in [7, 11) is 0. The zero-order valence-electron chi connectivity index (χ0n) is 6.22. The van der Waals surface area contributed by atoms with E-state index in [9.17, 15) is 0 Å². The molecule has 58 valence electrons. The molecule has 0 aromatic heterocycles. The van der Waals surface area contributed by atoms with Gasteiger partial charge < -0.3 is 14.9 Å². The number of aliphatic hydroxyl groups excluding tert-OH is 1. The molecule has 0 radical (unpaired) electrons. The average Bonchev–Trinajstić information content (AvgIpc) is 1.84. The molecule has 1 unspecified atom stereocenters. The van der Waals surface area contributed by atoms with Gasteiger partial charge in [-0.1, -0.05) is 6.92 Å². The second kappa shape index (κ2) is 4.15. The van der Waals surface area contributed by atoms with Crippen LogP contribution in [0.4, 0.5) is 0 Å². The van der Waals surface area contributed by atoms with E-state index in [1.54, 1.807) is 6.11 Å². The maximum atomic E-state index is 9.09. The number of hydrogen-bond acceptors (Lipinski definition) is 3. The Morgan fingerprint density at radius 2 is 2.20 bits per heavy atom. The molecule has 0 aliphatic rings. The van der Waals surface area contributed by atoms with E-state index < -0.39 is 5.79 Å². The Morgan fingerprint density at radius 3 is 2.60 bits per heavy atom. The minimum atomic E-state index is -1.51. The summed E-state index contributed by atoms with van der Waals surface area (Å²) in [6, 6.07) is 0. The SMILES string of the molecule is CCCOC(C)(O)C#CO. The molecule has 1 atom stereocenters. The summed E-state index contributed by atoms with van der Waals surface area (Å²) in [5, 5.41) is 17.2. The van der Waals surface area contributed by atoms with Gasteiger partial charge in [0.1, 0.15) is 6.11 Å². The Kier molecular flexibility index (Phi) is 3.85. The van der Waals surface area contributed by atoms with Crippen LogP contribution >= 0.6 is 0 Å². The third-order valence-corrected chi connectivity index (χ3v) is 0.875. The van der Waals surface area contributed by atoms with Crippen molar-refractivity contribution in [1.82, 2.24) is 0 Å². The second-order valence-electron chi connectivity index (χ2n) is 2.07. The van der Waals surface area contributed by atoms with Crippen LogP contribution in [0.1, 0.15) is 20.3 Å². The van der Waals surface area contributed by atoms with Gasteiger partial charge in [0.2, 0.25) is 5.79 Å². The van der Waals surface area contributed by atoms with E-state index in [1.807, 2.05) is 6.92 Å². The van der Waals surface area contributed by atoms with Crippen molar-refractivity contribution in [2.24, 2.45) is 0 Å². The Morgan fingerprint density at radius 1 is 1.60 bits per heavy atom. The van der Waals surface area contributed by atoms with E-state index in [-0.39, 0.29) is 0 Å². The van der Waals surface area contributed by atoms with Crippen molar-refractivity contribution in [3.8, 4) is 12.0 Å². The molecule has 0 amide bonds. The molecule has 0 spiro atoms. The largest absolute Gasteiger partial charge is 0.462 e. The van der Waals surface area contributed by atoms with Gasteiger partial charge in [-0.3, -0.25) is 0 Å². The van der Waals surface area contributed by atoms with Gasteiger partial charge in [0, 0.05) is 12.8 Å². The summed E-state index contributed by atoms with van der Waals surface area (Å²) in [5.74, 6) is 0.586. The van der Waals surface area contributed by atoms with Gasteiger partial charge in [-0.05, 0) is 6.42 Å². The molecule has 2 N–H and O–H groups in total. The van der Waals surface area contributed by atoms with Crippen molar-refractivity contribution in [2.75, 3.05) is 6.61 Å². The highest BCUT2D eigenvalue weighted by Gasteiger charge is 2.16. The highest BCUT2D eigenvalue weighted by atomic mass is 16.6. The normalized spacial score (nSPS) is 15.1. The molecule has 0 fully saturated rings. The topological polar surface area (TPSA) is 49.7 Å². The van der Waals surface area contributed by atoms with E-state index in [0.29, 0.717) is 6.61 Å². The Hall–Kier alpha value is -0.720. The van der Waals surface area contributed by atoms with Crippen LogP contribution in [-0.2, 0) is 4.74 Å². The molecule has 0 saturated carbocycles. The van der Waals surface area contributed by atoms with Crippen molar-refractivity contribution < 1.29 is 14.9 Å². The summed E-state index contributed by atoms with van der Waals surface area (Å²) in [4.78, 5) is 0. The van der Waals surface area contributed by atoms with Gasteiger partial charge in [0.15, 0.2) is 0 Å². The lowest BCUT2D eigenvalue weighted by molar-refractivity contribution is -0.145. The summed E-state index contributed by atoms with van der Waals surface area (Å²) >= 11 is 0. The van der Waals surface area contributed by atoms with Gasteiger partial charge in [-0.2, -0.15) is 0 Å².